The van der Waals surface area contributed by atoms with E-state index in [9.17, 15) is 13.9 Å². The number of alkyl halides is 2. The standard InChI is InChI=1S/C14H18F2N2O2S/c15-13(16)20-12-5-3-11(4-6-12)17-14(21)18-7-1-2-10(8-18)9-19/h3-6,10,13,19H,1-2,7-9H2,(H,17,21). The second-order valence-electron chi connectivity index (χ2n) is 4.97. The first-order valence-electron chi connectivity index (χ1n) is 6.80. The van der Waals surface area contributed by atoms with Crippen LogP contribution in [0.1, 0.15) is 12.8 Å². The van der Waals surface area contributed by atoms with Crippen molar-refractivity contribution in [3.63, 3.8) is 0 Å². The van der Waals surface area contributed by atoms with E-state index in [4.69, 9.17) is 12.2 Å². The zero-order valence-corrected chi connectivity index (χ0v) is 12.3. The minimum absolute atomic E-state index is 0.111. The van der Waals surface area contributed by atoms with Gasteiger partial charge in [0.15, 0.2) is 5.11 Å². The summed E-state index contributed by atoms with van der Waals surface area (Å²) < 4.78 is 28.4. The lowest BCUT2D eigenvalue weighted by molar-refractivity contribution is -0.0498. The van der Waals surface area contributed by atoms with E-state index in [0.717, 1.165) is 25.9 Å². The summed E-state index contributed by atoms with van der Waals surface area (Å²) >= 11 is 5.34. The van der Waals surface area contributed by atoms with Crippen LogP contribution in [-0.4, -0.2) is 41.4 Å². The van der Waals surface area contributed by atoms with E-state index in [0.29, 0.717) is 10.8 Å². The Hall–Kier alpha value is -1.47. The summed E-state index contributed by atoms with van der Waals surface area (Å²) in [6.45, 7) is -1.07. The third-order valence-corrected chi connectivity index (χ3v) is 3.76. The van der Waals surface area contributed by atoms with Crippen LogP contribution in [0.2, 0.25) is 0 Å². The number of nitrogens with one attached hydrogen (secondary N) is 1. The molecular weight excluding hydrogens is 298 g/mol. The highest BCUT2D eigenvalue weighted by molar-refractivity contribution is 7.80. The Morgan fingerprint density at radius 1 is 1.43 bits per heavy atom. The topological polar surface area (TPSA) is 44.7 Å². The van der Waals surface area contributed by atoms with Crippen LogP contribution < -0.4 is 10.1 Å². The number of nitrogens with zero attached hydrogens (tertiary/aromatic N) is 1. The average Bonchev–Trinajstić information content (AvgIpc) is 2.49. The summed E-state index contributed by atoms with van der Waals surface area (Å²) in [5.41, 5.74) is 0.715. The maximum Gasteiger partial charge on any atom is 0.387 e. The Labute approximate surface area is 127 Å². The summed E-state index contributed by atoms with van der Waals surface area (Å²) in [5.74, 6) is 0.361. The average molecular weight is 316 g/mol. The zero-order valence-electron chi connectivity index (χ0n) is 11.5. The van der Waals surface area contributed by atoms with Gasteiger partial charge in [-0.1, -0.05) is 0 Å². The highest BCUT2D eigenvalue weighted by atomic mass is 32.1. The van der Waals surface area contributed by atoms with Crippen LogP contribution in [0.15, 0.2) is 24.3 Å². The maximum absolute atomic E-state index is 12.1. The van der Waals surface area contributed by atoms with Crippen molar-refractivity contribution in [1.29, 1.82) is 0 Å². The number of likely N-dealkylation sites (tertiary alicyclic amines) is 1. The van der Waals surface area contributed by atoms with Crippen molar-refractivity contribution < 1.29 is 18.6 Å². The molecule has 1 aliphatic rings. The molecule has 0 bridgehead atoms. The fraction of sp³-hybridized carbons (Fsp3) is 0.500. The molecule has 1 fully saturated rings. The molecule has 0 aliphatic carbocycles. The van der Waals surface area contributed by atoms with Gasteiger partial charge in [0.25, 0.3) is 0 Å². The van der Waals surface area contributed by atoms with Crippen LogP contribution in [-0.2, 0) is 0 Å². The van der Waals surface area contributed by atoms with Crippen LogP contribution in [0.5, 0.6) is 5.75 Å². The van der Waals surface area contributed by atoms with Gasteiger partial charge in [-0.05, 0) is 55.2 Å². The number of benzene rings is 1. The Bertz CT molecular complexity index is 471. The molecule has 1 unspecified atom stereocenters. The van der Waals surface area contributed by atoms with Gasteiger partial charge in [0.1, 0.15) is 5.75 Å². The van der Waals surface area contributed by atoms with Crippen LogP contribution in [0, 0.1) is 5.92 Å². The second kappa shape index (κ2) is 7.51. The number of hydrogen-bond donors (Lipinski definition) is 2. The smallest absolute Gasteiger partial charge is 0.387 e. The number of hydrogen-bond acceptors (Lipinski definition) is 3. The molecule has 4 nitrogen and oxygen atoms in total. The van der Waals surface area contributed by atoms with Crippen molar-refractivity contribution in [3.8, 4) is 5.75 Å². The molecule has 2 N–H and O–H groups in total. The van der Waals surface area contributed by atoms with Crippen LogP contribution in [0.4, 0.5) is 14.5 Å². The van der Waals surface area contributed by atoms with Gasteiger partial charge in [0.2, 0.25) is 0 Å². The van der Waals surface area contributed by atoms with E-state index in [-0.39, 0.29) is 18.3 Å². The number of anilines is 1. The lowest BCUT2D eigenvalue weighted by Gasteiger charge is -2.33. The predicted molar refractivity (Wildman–Crippen MR) is 80.7 cm³/mol. The SMILES string of the molecule is OCC1CCCN(C(=S)Nc2ccc(OC(F)F)cc2)C1. The molecule has 7 heteroatoms. The number of aliphatic hydroxyl groups excluding tert-OH is 1. The normalized spacial score (nSPS) is 18.7. The Balaban J connectivity index is 1.90. The third-order valence-electron chi connectivity index (χ3n) is 3.40. The molecule has 0 aromatic heterocycles. The van der Waals surface area contributed by atoms with Crippen LogP contribution >= 0.6 is 12.2 Å². The van der Waals surface area contributed by atoms with Gasteiger partial charge in [-0.3, -0.25) is 0 Å². The highest BCUT2D eigenvalue weighted by Gasteiger charge is 2.21. The second-order valence-corrected chi connectivity index (χ2v) is 5.36. The molecule has 1 aromatic carbocycles. The summed E-state index contributed by atoms with van der Waals surface area (Å²) in [5, 5.41) is 12.9. The van der Waals surface area contributed by atoms with Gasteiger partial charge in [-0.2, -0.15) is 8.78 Å². The Kier molecular flexibility index (Phi) is 5.69. The molecule has 1 atom stereocenters. The van der Waals surface area contributed by atoms with Crippen molar-refractivity contribution in [2.75, 3.05) is 25.0 Å². The van der Waals surface area contributed by atoms with Crippen molar-refractivity contribution in [3.05, 3.63) is 24.3 Å². The molecule has 0 saturated carbocycles. The van der Waals surface area contributed by atoms with E-state index in [1.54, 1.807) is 12.1 Å². The van der Waals surface area contributed by atoms with Crippen molar-refractivity contribution in [1.82, 2.24) is 4.90 Å². The maximum atomic E-state index is 12.1. The molecule has 1 heterocycles. The van der Waals surface area contributed by atoms with Crippen molar-refractivity contribution in [2.24, 2.45) is 5.92 Å². The first-order valence-corrected chi connectivity index (χ1v) is 7.21. The fourth-order valence-corrected chi connectivity index (χ4v) is 2.60. The first-order chi connectivity index (χ1) is 10.1. The number of halogens is 2. The lowest BCUT2D eigenvalue weighted by atomic mass is 9.99. The fourth-order valence-electron chi connectivity index (χ4n) is 2.32. The van der Waals surface area contributed by atoms with E-state index < -0.39 is 6.61 Å². The minimum atomic E-state index is -2.83. The monoisotopic (exact) mass is 316 g/mol. The molecule has 1 aliphatic heterocycles. The summed E-state index contributed by atoms with van der Waals surface area (Å²) in [6, 6.07) is 6.20. The van der Waals surface area contributed by atoms with E-state index >= 15 is 0 Å². The molecule has 1 saturated heterocycles. The van der Waals surface area contributed by atoms with Crippen molar-refractivity contribution in [2.45, 2.75) is 19.5 Å². The van der Waals surface area contributed by atoms with Crippen molar-refractivity contribution >= 4 is 23.0 Å². The van der Waals surface area contributed by atoms with Gasteiger partial charge >= 0.3 is 6.61 Å². The molecular formula is C14H18F2N2O2S. The largest absolute Gasteiger partial charge is 0.435 e. The molecule has 21 heavy (non-hydrogen) atoms. The van der Waals surface area contributed by atoms with Crippen LogP contribution in [0.3, 0.4) is 0 Å². The summed E-state index contributed by atoms with van der Waals surface area (Å²) in [4.78, 5) is 2.02. The summed E-state index contributed by atoms with van der Waals surface area (Å²) in [6.07, 6.45) is 2.00. The highest BCUT2D eigenvalue weighted by Crippen LogP contribution is 2.20. The third kappa shape index (κ3) is 4.78. The van der Waals surface area contributed by atoms with Gasteiger partial charge in [-0.15, -0.1) is 0 Å². The first kappa shape index (κ1) is 15.9. The molecule has 1 aromatic rings. The zero-order chi connectivity index (χ0) is 15.2. The predicted octanol–water partition coefficient (Wildman–Crippen LogP) is 2.69. The van der Waals surface area contributed by atoms with E-state index in [1.807, 2.05) is 4.90 Å². The van der Waals surface area contributed by atoms with E-state index in [1.165, 1.54) is 12.1 Å². The van der Waals surface area contributed by atoms with Gasteiger partial charge in [-0.25, -0.2) is 0 Å². The molecule has 116 valence electrons. The number of ether oxygens (including phenoxy) is 1. The quantitative estimate of drug-likeness (QED) is 0.836. The number of rotatable bonds is 4. The van der Waals surface area contributed by atoms with Gasteiger partial charge < -0.3 is 20.1 Å². The Morgan fingerprint density at radius 3 is 2.76 bits per heavy atom. The number of piperidine rings is 1. The lowest BCUT2D eigenvalue weighted by Crippen LogP contribution is -2.43. The number of aliphatic hydroxyl groups is 1. The summed E-state index contributed by atoms with van der Waals surface area (Å²) in [7, 11) is 0. The van der Waals surface area contributed by atoms with Crippen LogP contribution in [0.25, 0.3) is 0 Å². The van der Waals surface area contributed by atoms with Gasteiger partial charge in [0.05, 0.1) is 0 Å². The molecule has 0 amide bonds. The number of thiocarbonyl (C=S) groups is 1. The Morgan fingerprint density at radius 2 is 2.14 bits per heavy atom. The minimum Gasteiger partial charge on any atom is -0.435 e. The molecule has 0 spiro atoms. The van der Waals surface area contributed by atoms with Gasteiger partial charge in [0, 0.05) is 25.4 Å². The van der Waals surface area contributed by atoms with E-state index in [2.05, 4.69) is 10.1 Å². The molecule has 2 rings (SSSR count). The molecule has 0 radical (unpaired) electrons.